The highest BCUT2D eigenvalue weighted by Gasteiger charge is 2.09. The number of alkyl halides is 1. The van der Waals surface area contributed by atoms with E-state index in [1.807, 2.05) is 12.3 Å². The third-order valence-corrected chi connectivity index (χ3v) is 3.16. The minimum atomic E-state index is 0.233. The van der Waals surface area contributed by atoms with Crippen molar-refractivity contribution in [1.82, 2.24) is 4.98 Å². The molecule has 0 radical (unpaired) electrons. The van der Waals surface area contributed by atoms with Gasteiger partial charge in [-0.25, -0.2) is 0 Å². The topological polar surface area (TPSA) is 22.1 Å². The Morgan fingerprint density at radius 2 is 2.13 bits per heavy atom. The van der Waals surface area contributed by atoms with Gasteiger partial charge >= 0.3 is 0 Å². The molecule has 15 heavy (non-hydrogen) atoms. The van der Waals surface area contributed by atoms with Crippen molar-refractivity contribution in [2.45, 2.75) is 32.1 Å². The van der Waals surface area contributed by atoms with E-state index >= 15 is 0 Å². The van der Waals surface area contributed by atoms with Crippen molar-refractivity contribution in [2.75, 3.05) is 7.11 Å². The zero-order chi connectivity index (χ0) is 11.3. The van der Waals surface area contributed by atoms with E-state index in [-0.39, 0.29) is 5.38 Å². The van der Waals surface area contributed by atoms with Crippen LogP contribution >= 0.6 is 11.6 Å². The summed E-state index contributed by atoms with van der Waals surface area (Å²) < 4.78 is 5.11. The Morgan fingerprint density at radius 3 is 2.73 bits per heavy atom. The number of ether oxygens (including phenoxy) is 1. The molecule has 1 atom stereocenters. The highest BCUT2D eigenvalue weighted by atomic mass is 35.5. The summed E-state index contributed by atoms with van der Waals surface area (Å²) in [5, 5.41) is 0.233. The predicted molar refractivity (Wildman–Crippen MR) is 63.6 cm³/mol. The molecule has 0 saturated carbocycles. The van der Waals surface area contributed by atoms with Gasteiger partial charge < -0.3 is 4.74 Å². The van der Waals surface area contributed by atoms with Gasteiger partial charge in [0.2, 0.25) is 0 Å². The maximum atomic E-state index is 6.19. The van der Waals surface area contributed by atoms with Crippen LogP contribution in [0.3, 0.4) is 0 Å². The molecule has 0 spiro atoms. The number of aromatic nitrogens is 1. The van der Waals surface area contributed by atoms with Crippen LogP contribution in [0.4, 0.5) is 0 Å². The molecule has 3 heteroatoms. The molecule has 0 fully saturated rings. The van der Waals surface area contributed by atoms with Crippen LogP contribution in [0.25, 0.3) is 0 Å². The summed E-state index contributed by atoms with van der Waals surface area (Å²) in [6.07, 6.45) is 5.52. The highest BCUT2D eigenvalue weighted by Crippen LogP contribution is 2.18. The van der Waals surface area contributed by atoms with E-state index < -0.39 is 0 Å². The summed E-state index contributed by atoms with van der Waals surface area (Å²) in [6.45, 7) is 4.28. The molecular weight excluding hydrogens is 210 g/mol. The van der Waals surface area contributed by atoms with Crippen LogP contribution in [-0.2, 0) is 6.42 Å². The molecule has 0 aliphatic rings. The first kappa shape index (κ1) is 12.3. The fourth-order valence-corrected chi connectivity index (χ4v) is 1.46. The Kier molecular flexibility index (Phi) is 4.89. The molecule has 1 unspecified atom stereocenters. The number of pyridine rings is 1. The molecule has 84 valence electrons. The van der Waals surface area contributed by atoms with Gasteiger partial charge in [-0.2, -0.15) is 0 Å². The largest absolute Gasteiger partial charge is 0.495 e. The van der Waals surface area contributed by atoms with Crippen LogP contribution in [-0.4, -0.2) is 17.5 Å². The Hall–Kier alpha value is -0.760. The number of aryl methyl sites for hydroxylation is 1. The minimum Gasteiger partial charge on any atom is -0.495 e. The first-order valence-electron chi connectivity index (χ1n) is 5.25. The van der Waals surface area contributed by atoms with E-state index in [9.17, 15) is 0 Å². The minimum absolute atomic E-state index is 0.233. The molecule has 0 aliphatic carbocycles. The third-order valence-electron chi connectivity index (χ3n) is 2.44. The average Bonchev–Trinajstić information content (AvgIpc) is 2.26. The predicted octanol–water partition coefficient (Wildman–Crippen LogP) is 3.29. The monoisotopic (exact) mass is 227 g/mol. The molecule has 1 aromatic rings. The molecule has 1 heterocycles. The van der Waals surface area contributed by atoms with Crippen molar-refractivity contribution in [3.05, 3.63) is 24.0 Å². The van der Waals surface area contributed by atoms with Gasteiger partial charge in [0.1, 0.15) is 5.75 Å². The second-order valence-electron chi connectivity index (χ2n) is 4.03. The van der Waals surface area contributed by atoms with Gasteiger partial charge in [0.25, 0.3) is 0 Å². The van der Waals surface area contributed by atoms with Gasteiger partial charge in [0.05, 0.1) is 13.3 Å². The lowest BCUT2D eigenvalue weighted by Crippen LogP contribution is -2.08. The molecule has 1 rings (SSSR count). The lowest BCUT2D eigenvalue weighted by atomic mass is 10.0. The van der Waals surface area contributed by atoms with Gasteiger partial charge in [0, 0.05) is 11.6 Å². The summed E-state index contributed by atoms with van der Waals surface area (Å²) in [6, 6.07) is 2.01. The number of rotatable bonds is 5. The van der Waals surface area contributed by atoms with E-state index in [2.05, 4.69) is 18.8 Å². The van der Waals surface area contributed by atoms with E-state index in [0.29, 0.717) is 5.92 Å². The lowest BCUT2D eigenvalue weighted by molar-refractivity contribution is 0.412. The Morgan fingerprint density at radius 1 is 1.40 bits per heavy atom. The van der Waals surface area contributed by atoms with Crippen LogP contribution in [0.5, 0.6) is 5.75 Å². The van der Waals surface area contributed by atoms with E-state index in [0.717, 1.165) is 18.6 Å². The number of methoxy groups -OCH3 is 1. The molecule has 2 nitrogen and oxygen atoms in total. The fourth-order valence-electron chi connectivity index (χ4n) is 1.35. The first-order chi connectivity index (χ1) is 7.13. The molecule has 0 aromatic carbocycles. The van der Waals surface area contributed by atoms with Crippen LogP contribution < -0.4 is 4.74 Å². The standard InChI is InChI=1S/C12H18ClNO/c1-9(2)12(13)5-4-10-6-11(15-3)8-14-7-10/h6-9,12H,4-5H2,1-3H3. The summed E-state index contributed by atoms with van der Waals surface area (Å²) in [4.78, 5) is 4.11. The normalized spacial score (nSPS) is 12.9. The Balaban J connectivity index is 2.50. The molecule has 1 aromatic heterocycles. The van der Waals surface area contributed by atoms with Gasteiger partial charge in [-0.05, 0) is 30.4 Å². The lowest BCUT2D eigenvalue weighted by Gasteiger charge is -2.12. The van der Waals surface area contributed by atoms with Gasteiger partial charge in [-0.3, -0.25) is 4.98 Å². The van der Waals surface area contributed by atoms with Crippen LogP contribution in [0.15, 0.2) is 18.5 Å². The van der Waals surface area contributed by atoms with Crippen LogP contribution in [0.1, 0.15) is 25.8 Å². The van der Waals surface area contributed by atoms with E-state index in [1.54, 1.807) is 13.3 Å². The number of nitrogens with zero attached hydrogens (tertiary/aromatic N) is 1. The number of halogens is 1. The van der Waals surface area contributed by atoms with Gasteiger partial charge in [-0.1, -0.05) is 13.8 Å². The highest BCUT2D eigenvalue weighted by molar-refractivity contribution is 6.20. The van der Waals surface area contributed by atoms with Crippen LogP contribution in [0, 0.1) is 5.92 Å². The number of hydrogen-bond donors (Lipinski definition) is 0. The maximum absolute atomic E-state index is 6.19. The summed E-state index contributed by atoms with van der Waals surface area (Å²) >= 11 is 6.19. The molecule has 0 bridgehead atoms. The summed E-state index contributed by atoms with van der Waals surface area (Å²) in [5.41, 5.74) is 1.18. The smallest absolute Gasteiger partial charge is 0.137 e. The second kappa shape index (κ2) is 5.96. The van der Waals surface area contributed by atoms with Crippen molar-refractivity contribution in [2.24, 2.45) is 5.92 Å². The Labute approximate surface area is 96.6 Å². The quantitative estimate of drug-likeness (QED) is 0.721. The summed E-state index contributed by atoms with van der Waals surface area (Å²) in [7, 11) is 1.65. The third kappa shape index (κ3) is 4.08. The van der Waals surface area contributed by atoms with Gasteiger partial charge in [-0.15, -0.1) is 11.6 Å². The molecule has 0 amide bonds. The summed E-state index contributed by atoms with van der Waals surface area (Å²) in [5.74, 6) is 1.33. The Bertz CT molecular complexity index is 301. The molecular formula is C12H18ClNO. The van der Waals surface area contributed by atoms with Crippen molar-refractivity contribution < 1.29 is 4.74 Å². The zero-order valence-corrected chi connectivity index (χ0v) is 10.3. The molecule has 0 N–H and O–H groups in total. The van der Waals surface area contributed by atoms with Crippen molar-refractivity contribution in [3.8, 4) is 5.75 Å². The SMILES string of the molecule is COc1cncc(CCC(Cl)C(C)C)c1. The molecule has 0 saturated heterocycles. The maximum Gasteiger partial charge on any atom is 0.137 e. The zero-order valence-electron chi connectivity index (χ0n) is 9.53. The van der Waals surface area contributed by atoms with Gasteiger partial charge in [0.15, 0.2) is 0 Å². The number of hydrogen-bond acceptors (Lipinski definition) is 2. The van der Waals surface area contributed by atoms with Crippen molar-refractivity contribution in [1.29, 1.82) is 0 Å². The first-order valence-corrected chi connectivity index (χ1v) is 5.69. The fraction of sp³-hybridized carbons (Fsp3) is 0.583. The van der Waals surface area contributed by atoms with Crippen molar-refractivity contribution >= 4 is 11.6 Å². The van der Waals surface area contributed by atoms with Crippen LogP contribution in [0.2, 0.25) is 0 Å². The molecule has 0 aliphatic heterocycles. The average molecular weight is 228 g/mol. The second-order valence-corrected chi connectivity index (χ2v) is 4.59. The van der Waals surface area contributed by atoms with E-state index in [4.69, 9.17) is 16.3 Å². The van der Waals surface area contributed by atoms with E-state index in [1.165, 1.54) is 5.56 Å². The van der Waals surface area contributed by atoms with Crippen molar-refractivity contribution in [3.63, 3.8) is 0 Å².